The van der Waals surface area contributed by atoms with Crippen molar-refractivity contribution in [1.82, 2.24) is 19.9 Å². The molecule has 0 aliphatic heterocycles. The Bertz CT molecular complexity index is 899. The summed E-state index contributed by atoms with van der Waals surface area (Å²) in [6.45, 7) is 0.921. The molecular weight excluding hydrogens is 360 g/mol. The molecule has 1 aromatic carbocycles. The number of hydrogen-bond donors (Lipinski definition) is 2. The average molecular weight is 383 g/mol. The molecule has 0 saturated heterocycles. The Balaban J connectivity index is 1.79. The third-order valence-corrected chi connectivity index (χ3v) is 4.34. The van der Waals surface area contributed by atoms with Gasteiger partial charge in [-0.15, -0.1) is 0 Å². The van der Waals surface area contributed by atoms with Crippen LogP contribution < -0.4 is 11.1 Å². The molecular formula is C20H23ClN6. The van der Waals surface area contributed by atoms with Crippen molar-refractivity contribution in [3.63, 3.8) is 0 Å². The lowest BCUT2D eigenvalue weighted by atomic mass is 10.0. The number of hydrogen-bond acceptors (Lipinski definition) is 6. The molecule has 0 aliphatic carbocycles. The Labute approximate surface area is 164 Å². The van der Waals surface area contributed by atoms with Gasteiger partial charge in [-0.1, -0.05) is 17.7 Å². The normalized spacial score (nSPS) is 12.2. The van der Waals surface area contributed by atoms with Gasteiger partial charge in [-0.05, 0) is 56.9 Å². The fourth-order valence-electron chi connectivity index (χ4n) is 2.64. The van der Waals surface area contributed by atoms with Crippen molar-refractivity contribution in [1.29, 1.82) is 0 Å². The maximum absolute atomic E-state index is 6.31. The summed E-state index contributed by atoms with van der Waals surface area (Å²) in [6.07, 6.45) is 7.83. The largest absolute Gasteiger partial charge is 0.339 e. The number of pyridine rings is 1. The number of halogens is 1. The Hall–Kier alpha value is -2.54. The summed E-state index contributed by atoms with van der Waals surface area (Å²) in [4.78, 5) is 15.4. The number of benzene rings is 1. The summed E-state index contributed by atoms with van der Waals surface area (Å²) >= 11 is 6.03. The van der Waals surface area contributed by atoms with Crippen molar-refractivity contribution < 1.29 is 0 Å². The first-order valence-electron chi connectivity index (χ1n) is 8.71. The summed E-state index contributed by atoms with van der Waals surface area (Å²) in [5, 5.41) is 3.88. The highest BCUT2D eigenvalue weighted by atomic mass is 35.5. The molecule has 0 amide bonds. The van der Waals surface area contributed by atoms with Crippen molar-refractivity contribution in [3.8, 4) is 11.3 Å². The molecule has 0 spiro atoms. The van der Waals surface area contributed by atoms with Gasteiger partial charge in [0.05, 0.1) is 18.1 Å². The van der Waals surface area contributed by atoms with E-state index in [0.29, 0.717) is 10.8 Å². The van der Waals surface area contributed by atoms with Crippen molar-refractivity contribution >= 4 is 23.1 Å². The van der Waals surface area contributed by atoms with Crippen LogP contribution in [0.2, 0.25) is 5.02 Å². The summed E-state index contributed by atoms with van der Waals surface area (Å²) in [6, 6.07) is 9.42. The molecule has 3 rings (SSSR count). The highest BCUT2D eigenvalue weighted by Gasteiger charge is 2.10. The van der Waals surface area contributed by atoms with E-state index in [4.69, 9.17) is 17.3 Å². The lowest BCUT2D eigenvalue weighted by molar-refractivity contribution is 0.382. The van der Waals surface area contributed by atoms with Gasteiger partial charge in [-0.25, -0.2) is 4.98 Å². The van der Waals surface area contributed by atoms with Gasteiger partial charge in [0.1, 0.15) is 5.82 Å². The van der Waals surface area contributed by atoms with Crippen LogP contribution in [0.4, 0.5) is 11.5 Å². The van der Waals surface area contributed by atoms with Crippen LogP contribution in [0.1, 0.15) is 18.0 Å². The van der Waals surface area contributed by atoms with Crippen LogP contribution in [-0.2, 0) is 0 Å². The molecule has 2 aromatic heterocycles. The Morgan fingerprint density at radius 1 is 1.11 bits per heavy atom. The van der Waals surface area contributed by atoms with E-state index in [0.717, 1.165) is 35.5 Å². The Morgan fingerprint density at radius 2 is 1.93 bits per heavy atom. The average Bonchev–Trinajstić information content (AvgIpc) is 2.66. The van der Waals surface area contributed by atoms with E-state index in [1.165, 1.54) is 0 Å². The van der Waals surface area contributed by atoms with E-state index in [9.17, 15) is 0 Å². The van der Waals surface area contributed by atoms with Crippen LogP contribution in [0.5, 0.6) is 0 Å². The number of nitrogens with one attached hydrogen (secondary N) is 1. The fraction of sp³-hybridized carbons (Fsp3) is 0.250. The van der Waals surface area contributed by atoms with Crippen molar-refractivity contribution in [2.75, 3.05) is 26.0 Å². The number of nitrogens with zero attached hydrogens (tertiary/aromatic N) is 4. The van der Waals surface area contributed by atoms with E-state index >= 15 is 0 Å². The van der Waals surface area contributed by atoms with Crippen molar-refractivity contribution in [2.24, 2.45) is 5.73 Å². The monoisotopic (exact) mass is 382 g/mol. The smallest absolute Gasteiger partial charge is 0.149 e. The molecule has 0 bridgehead atoms. The molecule has 0 saturated carbocycles. The lowest BCUT2D eigenvalue weighted by Gasteiger charge is -2.16. The van der Waals surface area contributed by atoms with Gasteiger partial charge in [0.2, 0.25) is 0 Å². The lowest BCUT2D eigenvalue weighted by Crippen LogP contribution is -2.20. The molecule has 6 nitrogen and oxygen atoms in total. The van der Waals surface area contributed by atoms with Gasteiger partial charge in [0.15, 0.2) is 0 Å². The minimum Gasteiger partial charge on any atom is -0.339 e. The fourth-order valence-corrected chi connectivity index (χ4v) is 2.83. The van der Waals surface area contributed by atoms with Gasteiger partial charge < -0.3 is 16.0 Å². The Morgan fingerprint density at radius 3 is 2.70 bits per heavy atom. The van der Waals surface area contributed by atoms with Crippen LogP contribution >= 0.6 is 11.6 Å². The second kappa shape index (κ2) is 8.90. The zero-order valence-electron chi connectivity index (χ0n) is 15.4. The summed E-state index contributed by atoms with van der Waals surface area (Å²) in [5.41, 5.74) is 9.77. The molecule has 0 radical (unpaired) electrons. The van der Waals surface area contributed by atoms with Gasteiger partial charge >= 0.3 is 0 Å². The number of rotatable bonds is 7. The molecule has 1 unspecified atom stereocenters. The first-order valence-corrected chi connectivity index (χ1v) is 9.09. The molecule has 140 valence electrons. The van der Waals surface area contributed by atoms with Crippen LogP contribution in [0.15, 0.2) is 55.1 Å². The highest BCUT2D eigenvalue weighted by Crippen LogP contribution is 2.23. The highest BCUT2D eigenvalue weighted by molar-refractivity contribution is 6.30. The predicted octanol–water partition coefficient (Wildman–Crippen LogP) is 3.89. The third-order valence-electron chi connectivity index (χ3n) is 4.10. The molecule has 1 atom stereocenters. The molecule has 0 aliphatic rings. The van der Waals surface area contributed by atoms with E-state index in [2.05, 4.69) is 25.2 Å². The molecule has 2 heterocycles. The number of aromatic nitrogens is 3. The topological polar surface area (TPSA) is 80.0 Å². The minimum absolute atomic E-state index is 0.0689. The molecule has 0 fully saturated rings. The van der Waals surface area contributed by atoms with Crippen LogP contribution in [0, 0.1) is 0 Å². The quantitative estimate of drug-likeness (QED) is 0.645. The van der Waals surface area contributed by atoms with E-state index in [1.54, 1.807) is 18.6 Å². The maximum Gasteiger partial charge on any atom is 0.149 e. The zero-order valence-corrected chi connectivity index (χ0v) is 16.2. The first-order chi connectivity index (χ1) is 13.0. The van der Waals surface area contributed by atoms with Crippen molar-refractivity contribution in [3.05, 3.63) is 65.7 Å². The van der Waals surface area contributed by atoms with E-state index in [-0.39, 0.29) is 6.04 Å². The molecule has 7 heteroatoms. The zero-order chi connectivity index (χ0) is 19.2. The second-order valence-electron chi connectivity index (χ2n) is 6.63. The SMILES string of the molecule is CN(C)CCC(N)c1cncc(-c2cncc(Nc3cccc(Cl)c3)n2)c1. The number of anilines is 2. The van der Waals surface area contributed by atoms with Crippen LogP contribution in [0.3, 0.4) is 0 Å². The second-order valence-corrected chi connectivity index (χ2v) is 7.07. The van der Waals surface area contributed by atoms with Gasteiger partial charge in [0.25, 0.3) is 0 Å². The number of nitrogens with two attached hydrogens (primary N) is 1. The summed E-state index contributed by atoms with van der Waals surface area (Å²) in [7, 11) is 4.07. The predicted molar refractivity (Wildman–Crippen MR) is 110 cm³/mol. The molecule has 27 heavy (non-hydrogen) atoms. The summed E-state index contributed by atoms with van der Waals surface area (Å²) in [5.74, 6) is 0.636. The minimum atomic E-state index is -0.0689. The Kier molecular flexibility index (Phi) is 6.34. The van der Waals surface area contributed by atoms with E-state index < -0.39 is 0 Å². The third kappa shape index (κ3) is 5.47. The van der Waals surface area contributed by atoms with E-state index in [1.807, 2.05) is 50.6 Å². The van der Waals surface area contributed by atoms with Crippen LogP contribution in [0.25, 0.3) is 11.3 Å². The van der Waals surface area contributed by atoms with Gasteiger partial charge in [0, 0.05) is 34.7 Å². The van der Waals surface area contributed by atoms with Crippen LogP contribution in [-0.4, -0.2) is 40.5 Å². The maximum atomic E-state index is 6.31. The molecule has 3 aromatic rings. The standard InChI is InChI=1S/C20H23ClN6/c1-27(2)7-6-18(22)14-8-15(11-23-10-14)19-12-24-13-20(26-19)25-17-5-3-4-16(21)9-17/h3-5,8-13,18H,6-7,22H2,1-2H3,(H,25,26). The van der Waals surface area contributed by atoms with Gasteiger partial charge in [-0.3, -0.25) is 9.97 Å². The summed E-state index contributed by atoms with van der Waals surface area (Å²) < 4.78 is 0. The van der Waals surface area contributed by atoms with Crippen molar-refractivity contribution in [2.45, 2.75) is 12.5 Å². The molecule has 3 N–H and O–H groups in total. The van der Waals surface area contributed by atoms with Gasteiger partial charge in [-0.2, -0.15) is 0 Å². The first kappa shape index (κ1) is 19.2.